The van der Waals surface area contributed by atoms with Gasteiger partial charge in [-0.1, -0.05) is 23.7 Å². The minimum absolute atomic E-state index is 0.184. The molecular weight excluding hydrogens is 362 g/mol. The Kier molecular flexibility index (Phi) is 4.67. The molecule has 124 valence electrons. The van der Waals surface area contributed by atoms with Crippen molar-refractivity contribution in [3.63, 3.8) is 0 Å². The number of anilines is 1. The number of thiophene rings is 1. The molecule has 24 heavy (non-hydrogen) atoms. The Morgan fingerprint density at radius 3 is 2.29 bits per heavy atom. The molecular formula is C18H16ClNO2S2. The first kappa shape index (κ1) is 17.0. The molecule has 3 aromatic rings. The monoisotopic (exact) mass is 377 g/mol. The Morgan fingerprint density at radius 2 is 1.67 bits per heavy atom. The van der Waals surface area contributed by atoms with Gasteiger partial charge in [0.15, 0.2) is 0 Å². The predicted octanol–water partition coefficient (Wildman–Crippen LogP) is 5.49. The Bertz CT molecular complexity index is 977. The van der Waals surface area contributed by atoms with Gasteiger partial charge < -0.3 is 0 Å². The first-order valence-electron chi connectivity index (χ1n) is 7.31. The zero-order valence-corrected chi connectivity index (χ0v) is 15.6. The molecule has 6 heteroatoms. The van der Waals surface area contributed by atoms with Gasteiger partial charge in [0.25, 0.3) is 10.0 Å². The molecule has 0 radical (unpaired) electrons. The first-order valence-corrected chi connectivity index (χ1v) is 9.99. The van der Waals surface area contributed by atoms with Crippen LogP contribution in [0.2, 0.25) is 5.02 Å². The zero-order valence-electron chi connectivity index (χ0n) is 13.2. The summed E-state index contributed by atoms with van der Waals surface area (Å²) in [5, 5.41) is 0.500. The Hall–Kier alpha value is -1.82. The summed E-state index contributed by atoms with van der Waals surface area (Å²) in [5.41, 5.74) is 2.44. The average molecular weight is 378 g/mol. The van der Waals surface area contributed by atoms with Crippen molar-refractivity contribution in [2.45, 2.75) is 18.7 Å². The smallest absolute Gasteiger partial charge is 0.261 e. The van der Waals surface area contributed by atoms with Crippen LogP contribution in [0.5, 0.6) is 0 Å². The van der Waals surface area contributed by atoms with Crippen LogP contribution >= 0.6 is 22.9 Å². The highest BCUT2D eigenvalue weighted by Crippen LogP contribution is 2.31. The summed E-state index contributed by atoms with van der Waals surface area (Å²) in [4.78, 5) is 2.51. The number of sulfonamides is 1. The molecule has 1 aromatic heterocycles. The molecule has 0 fully saturated rings. The van der Waals surface area contributed by atoms with Crippen LogP contribution in [0.25, 0.3) is 10.4 Å². The van der Waals surface area contributed by atoms with Crippen molar-refractivity contribution in [2.24, 2.45) is 0 Å². The number of benzene rings is 2. The van der Waals surface area contributed by atoms with Gasteiger partial charge in [-0.25, -0.2) is 8.42 Å². The van der Waals surface area contributed by atoms with Crippen molar-refractivity contribution >= 4 is 38.6 Å². The number of hydrogen-bond donors (Lipinski definition) is 1. The van der Waals surface area contributed by atoms with Gasteiger partial charge in [-0.3, -0.25) is 4.72 Å². The molecule has 0 atom stereocenters. The second kappa shape index (κ2) is 6.59. The summed E-state index contributed by atoms with van der Waals surface area (Å²) in [6.45, 7) is 3.93. The summed E-state index contributed by atoms with van der Waals surface area (Å²) in [6.07, 6.45) is 0. The topological polar surface area (TPSA) is 46.2 Å². The van der Waals surface area contributed by atoms with Crippen molar-refractivity contribution < 1.29 is 8.42 Å². The fourth-order valence-corrected chi connectivity index (χ4v) is 4.40. The van der Waals surface area contributed by atoms with Crippen molar-refractivity contribution in [1.29, 1.82) is 0 Å². The predicted molar refractivity (Wildman–Crippen MR) is 101 cm³/mol. The lowest BCUT2D eigenvalue weighted by atomic mass is 10.1. The third-order valence-corrected chi connectivity index (χ3v) is 6.31. The van der Waals surface area contributed by atoms with Gasteiger partial charge in [0.05, 0.1) is 10.6 Å². The maximum absolute atomic E-state index is 12.6. The lowest BCUT2D eigenvalue weighted by Gasteiger charge is -2.12. The Labute approximate surface area is 151 Å². The average Bonchev–Trinajstić information content (AvgIpc) is 2.96. The van der Waals surface area contributed by atoms with Gasteiger partial charge >= 0.3 is 0 Å². The summed E-state index contributed by atoms with van der Waals surface area (Å²) in [7, 11) is -3.65. The summed E-state index contributed by atoms with van der Waals surface area (Å²) >= 11 is 7.50. The van der Waals surface area contributed by atoms with Crippen molar-refractivity contribution in [2.75, 3.05) is 4.72 Å². The van der Waals surface area contributed by atoms with E-state index in [-0.39, 0.29) is 4.90 Å². The fraction of sp³-hybridized carbons (Fsp3) is 0.111. The molecule has 0 bridgehead atoms. The molecule has 0 amide bonds. The number of hydrogen-bond acceptors (Lipinski definition) is 3. The summed E-state index contributed by atoms with van der Waals surface area (Å²) in [6, 6.07) is 16.0. The van der Waals surface area contributed by atoms with Gasteiger partial charge in [-0.2, -0.15) is 0 Å². The zero-order chi connectivity index (χ0) is 17.3. The van der Waals surface area contributed by atoms with Crippen LogP contribution < -0.4 is 4.72 Å². The molecule has 3 rings (SSSR count). The van der Waals surface area contributed by atoms with E-state index in [9.17, 15) is 8.42 Å². The van der Waals surface area contributed by atoms with Crippen molar-refractivity contribution in [3.05, 3.63) is 70.1 Å². The van der Waals surface area contributed by atoms with Gasteiger partial charge in [0, 0.05) is 14.8 Å². The van der Waals surface area contributed by atoms with E-state index in [1.807, 2.05) is 38.1 Å². The largest absolute Gasteiger partial charge is 0.279 e. The van der Waals surface area contributed by atoms with Crippen LogP contribution in [0.4, 0.5) is 5.69 Å². The molecule has 0 saturated heterocycles. The van der Waals surface area contributed by atoms with E-state index in [1.54, 1.807) is 23.5 Å². The van der Waals surface area contributed by atoms with Crippen LogP contribution in [0.1, 0.15) is 10.4 Å². The van der Waals surface area contributed by atoms with Crippen molar-refractivity contribution in [1.82, 2.24) is 0 Å². The molecule has 3 nitrogen and oxygen atoms in total. The van der Waals surface area contributed by atoms with E-state index in [2.05, 4.69) is 10.8 Å². The van der Waals surface area contributed by atoms with Crippen LogP contribution in [-0.4, -0.2) is 8.42 Å². The molecule has 0 spiro atoms. The summed E-state index contributed by atoms with van der Waals surface area (Å²) < 4.78 is 27.8. The SMILES string of the molecule is Cc1ccc(-c2ccc(C)c(NS(=O)(=O)c3ccc(Cl)cc3)c2)s1. The molecule has 1 N–H and O–H groups in total. The molecule has 1 heterocycles. The van der Waals surface area contributed by atoms with Crippen LogP contribution in [0.15, 0.2) is 59.5 Å². The molecule has 0 aliphatic heterocycles. The van der Waals surface area contributed by atoms with Crippen LogP contribution in [-0.2, 0) is 10.0 Å². The molecule has 0 aliphatic rings. The fourth-order valence-electron chi connectivity index (χ4n) is 2.29. The van der Waals surface area contributed by atoms with E-state index >= 15 is 0 Å². The normalized spacial score (nSPS) is 11.5. The van der Waals surface area contributed by atoms with E-state index < -0.39 is 10.0 Å². The highest BCUT2D eigenvalue weighted by Gasteiger charge is 2.16. The maximum Gasteiger partial charge on any atom is 0.261 e. The van der Waals surface area contributed by atoms with E-state index in [4.69, 9.17) is 11.6 Å². The van der Waals surface area contributed by atoms with Gasteiger partial charge in [0.1, 0.15) is 0 Å². The van der Waals surface area contributed by atoms with Crippen LogP contribution in [0, 0.1) is 13.8 Å². The summed E-state index contributed by atoms with van der Waals surface area (Å²) in [5.74, 6) is 0. The number of halogens is 1. The van der Waals surface area contributed by atoms with Gasteiger partial charge in [0.2, 0.25) is 0 Å². The number of rotatable bonds is 4. The third kappa shape index (κ3) is 3.64. The minimum Gasteiger partial charge on any atom is -0.279 e. The Balaban J connectivity index is 1.96. The molecule has 0 unspecified atom stereocenters. The highest BCUT2D eigenvalue weighted by molar-refractivity contribution is 7.92. The molecule has 0 saturated carbocycles. The van der Waals surface area contributed by atoms with E-state index in [0.717, 1.165) is 16.0 Å². The quantitative estimate of drug-likeness (QED) is 0.653. The lowest BCUT2D eigenvalue weighted by molar-refractivity contribution is 0.601. The van der Waals surface area contributed by atoms with Gasteiger partial charge in [-0.15, -0.1) is 11.3 Å². The Morgan fingerprint density at radius 1 is 0.958 bits per heavy atom. The number of aryl methyl sites for hydroxylation is 2. The van der Waals surface area contributed by atoms with Gasteiger partial charge in [-0.05, 0) is 67.4 Å². The molecule has 2 aromatic carbocycles. The molecule has 0 aliphatic carbocycles. The van der Waals surface area contributed by atoms with E-state index in [1.165, 1.54) is 17.0 Å². The van der Waals surface area contributed by atoms with Crippen LogP contribution in [0.3, 0.4) is 0 Å². The second-order valence-electron chi connectivity index (χ2n) is 5.50. The van der Waals surface area contributed by atoms with Crippen molar-refractivity contribution in [3.8, 4) is 10.4 Å². The standard InChI is InChI=1S/C18H16ClNO2S2/c1-12-3-5-14(18-10-4-13(2)23-18)11-17(12)20-24(21,22)16-8-6-15(19)7-9-16/h3-11,20H,1-2H3. The highest BCUT2D eigenvalue weighted by atomic mass is 35.5. The number of nitrogens with one attached hydrogen (secondary N) is 1. The third-order valence-electron chi connectivity index (χ3n) is 3.63. The maximum atomic E-state index is 12.6. The van der Waals surface area contributed by atoms with E-state index in [0.29, 0.717) is 10.7 Å². The first-order chi connectivity index (χ1) is 11.3. The second-order valence-corrected chi connectivity index (χ2v) is 8.91. The minimum atomic E-state index is -3.65. The lowest BCUT2D eigenvalue weighted by Crippen LogP contribution is -2.13.